The van der Waals surface area contributed by atoms with Crippen LogP contribution in [0.25, 0.3) is 11.2 Å². The van der Waals surface area contributed by atoms with E-state index in [1.807, 2.05) is 6.92 Å². The summed E-state index contributed by atoms with van der Waals surface area (Å²) >= 11 is 0. The van der Waals surface area contributed by atoms with Gasteiger partial charge in [0.25, 0.3) is 5.56 Å². The Hall–Kier alpha value is -3.42. The summed E-state index contributed by atoms with van der Waals surface area (Å²) in [5.74, 6) is 1.26. The fraction of sp³-hybridized carbons (Fsp3) is 0.263. The van der Waals surface area contributed by atoms with Crippen molar-refractivity contribution >= 4 is 17.3 Å². The van der Waals surface area contributed by atoms with Crippen LogP contribution in [0.2, 0.25) is 0 Å². The van der Waals surface area contributed by atoms with Gasteiger partial charge in [-0.2, -0.15) is 0 Å². The molecule has 8 heteroatoms. The summed E-state index contributed by atoms with van der Waals surface area (Å²) in [6.45, 7) is 4.22. The number of aryl methyl sites for hydroxylation is 1. The number of nitrogens with zero attached hydrogens (tertiary/aromatic N) is 2. The lowest BCUT2D eigenvalue weighted by atomic mass is 10.3. The molecule has 27 heavy (non-hydrogen) atoms. The molecule has 140 valence electrons. The smallest absolute Gasteiger partial charge is 0.412 e. The van der Waals surface area contributed by atoms with E-state index >= 15 is 0 Å². The van der Waals surface area contributed by atoms with Gasteiger partial charge < -0.3 is 19.8 Å². The number of H-pyrrole nitrogens is 1. The van der Waals surface area contributed by atoms with Gasteiger partial charge in [-0.1, -0.05) is 19.4 Å². The summed E-state index contributed by atoms with van der Waals surface area (Å²) in [6, 6.07) is 8.36. The van der Waals surface area contributed by atoms with E-state index in [1.54, 1.807) is 37.3 Å². The third-order valence-electron chi connectivity index (χ3n) is 3.77. The van der Waals surface area contributed by atoms with Gasteiger partial charge in [0, 0.05) is 24.9 Å². The monoisotopic (exact) mass is 368 g/mol. The zero-order valence-electron chi connectivity index (χ0n) is 15.1. The first-order valence-electron chi connectivity index (χ1n) is 8.66. The average Bonchev–Trinajstić information content (AvgIpc) is 2.64. The molecule has 1 aromatic carbocycles. The quantitative estimate of drug-likeness (QED) is 0.647. The molecule has 0 unspecified atom stereocenters. The van der Waals surface area contributed by atoms with E-state index in [-0.39, 0.29) is 5.56 Å². The molecule has 3 rings (SSSR count). The second-order valence-corrected chi connectivity index (χ2v) is 5.90. The van der Waals surface area contributed by atoms with Crippen LogP contribution in [0.3, 0.4) is 0 Å². The number of carbonyl (C=O) groups excluding carboxylic acids is 1. The average molecular weight is 368 g/mol. The molecular formula is C19H20N4O4. The van der Waals surface area contributed by atoms with Gasteiger partial charge >= 0.3 is 6.09 Å². The largest absolute Gasteiger partial charge is 0.455 e. The molecule has 0 radical (unpaired) electrons. The van der Waals surface area contributed by atoms with Crippen molar-refractivity contribution < 1.29 is 14.3 Å². The normalized spacial score (nSPS) is 10.6. The third kappa shape index (κ3) is 4.60. The molecule has 8 nitrogen and oxygen atoms in total. The lowest BCUT2D eigenvalue weighted by Gasteiger charge is -2.10. The maximum atomic E-state index is 11.8. The van der Waals surface area contributed by atoms with E-state index in [9.17, 15) is 9.59 Å². The molecule has 1 amide bonds. The number of hydrogen-bond donors (Lipinski definition) is 2. The second kappa shape index (κ2) is 8.31. The van der Waals surface area contributed by atoms with Gasteiger partial charge in [-0.05, 0) is 25.5 Å². The fourth-order valence-corrected chi connectivity index (χ4v) is 2.37. The molecule has 0 aliphatic heterocycles. The minimum absolute atomic E-state index is 0.295. The van der Waals surface area contributed by atoms with Crippen LogP contribution in [-0.2, 0) is 0 Å². The van der Waals surface area contributed by atoms with Crippen molar-refractivity contribution in [1.29, 1.82) is 0 Å². The Bertz CT molecular complexity index is 1020. The van der Waals surface area contributed by atoms with Crippen LogP contribution in [0.5, 0.6) is 17.2 Å². The van der Waals surface area contributed by atoms with E-state index in [0.29, 0.717) is 40.7 Å². The lowest BCUT2D eigenvalue weighted by molar-refractivity contribution is 0.200. The van der Waals surface area contributed by atoms with Crippen molar-refractivity contribution in [2.75, 3.05) is 6.54 Å². The predicted molar refractivity (Wildman–Crippen MR) is 100 cm³/mol. The zero-order chi connectivity index (χ0) is 19.2. The second-order valence-electron chi connectivity index (χ2n) is 5.90. The van der Waals surface area contributed by atoms with Crippen LogP contribution in [0.4, 0.5) is 4.79 Å². The molecule has 0 bridgehead atoms. The summed E-state index contributed by atoms with van der Waals surface area (Å²) in [5, 5.41) is 2.68. The van der Waals surface area contributed by atoms with E-state index in [2.05, 4.69) is 20.3 Å². The van der Waals surface area contributed by atoms with Gasteiger partial charge in [0.1, 0.15) is 22.7 Å². The number of aromatic nitrogens is 3. The maximum absolute atomic E-state index is 11.8. The van der Waals surface area contributed by atoms with Gasteiger partial charge in [-0.25, -0.2) is 14.8 Å². The van der Waals surface area contributed by atoms with Crippen molar-refractivity contribution in [2.45, 2.75) is 26.7 Å². The van der Waals surface area contributed by atoms with Gasteiger partial charge in [-0.15, -0.1) is 0 Å². The molecule has 0 saturated carbocycles. The van der Waals surface area contributed by atoms with E-state index in [1.165, 1.54) is 6.20 Å². The van der Waals surface area contributed by atoms with E-state index in [0.717, 1.165) is 12.8 Å². The van der Waals surface area contributed by atoms with Gasteiger partial charge in [-0.3, -0.25) is 4.79 Å². The highest BCUT2D eigenvalue weighted by molar-refractivity contribution is 5.77. The summed E-state index contributed by atoms with van der Waals surface area (Å²) in [7, 11) is 0. The van der Waals surface area contributed by atoms with Crippen LogP contribution < -0.4 is 20.3 Å². The summed E-state index contributed by atoms with van der Waals surface area (Å²) < 4.78 is 11.1. The Labute approximate surface area is 155 Å². The molecular weight excluding hydrogens is 348 g/mol. The number of hydrogen-bond acceptors (Lipinski definition) is 6. The number of fused-ring (bicyclic) bond motifs is 1. The first-order valence-corrected chi connectivity index (χ1v) is 8.66. The molecule has 2 aromatic heterocycles. The van der Waals surface area contributed by atoms with Gasteiger partial charge in [0.05, 0.1) is 0 Å². The molecule has 2 N–H and O–H groups in total. The lowest BCUT2D eigenvalue weighted by Crippen LogP contribution is -2.27. The number of nitrogens with one attached hydrogen (secondary N) is 2. The number of pyridine rings is 1. The molecule has 0 fully saturated rings. The highest BCUT2D eigenvalue weighted by atomic mass is 16.6. The summed E-state index contributed by atoms with van der Waals surface area (Å²) in [6.07, 6.45) is 2.89. The van der Waals surface area contributed by atoms with Crippen molar-refractivity contribution in [3.8, 4) is 17.2 Å². The standard InChI is InChI=1S/C19H20N4O4/c1-3-4-9-21-19(25)27-14-7-5-6-13(11-14)26-15-8-10-20-17-16(15)22-12(2)18(24)23-17/h5-8,10-11H,3-4,9H2,1-2H3,(H,21,25)(H,20,23,24). The van der Waals surface area contributed by atoms with Crippen LogP contribution in [0, 0.1) is 6.92 Å². The summed E-state index contributed by atoms with van der Waals surface area (Å²) in [4.78, 5) is 34.5. The topological polar surface area (TPSA) is 106 Å². The molecule has 0 aliphatic rings. The van der Waals surface area contributed by atoms with Crippen LogP contribution >= 0.6 is 0 Å². The van der Waals surface area contributed by atoms with Crippen molar-refractivity contribution in [3.63, 3.8) is 0 Å². The number of carbonyl (C=O) groups is 1. The Morgan fingerprint density at radius 3 is 2.89 bits per heavy atom. The SMILES string of the molecule is CCCCNC(=O)Oc1cccc(Oc2ccnc3[nH]c(=O)c(C)nc23)c1. The van der Waals surface area contributed by atoms with Crippen LogP contribution in [0.1, 0.15) is 25.5 Å². The van der Waals surface area contributed by atoms with Crippen molar-refractivity contribution in [2.24, 2.45) is 0 Å². The van der Waals surface area contributed by atoms with Crippen molar-refractivity contribution in [3.05, 3.63) is 52.6 Å². The minimum Gasteiger partial charge on any atom is -0.455 e. The summed E-state index contributed by atoms with van der Waals surface area (Å²) in [5.41, 5.74) is 0.807. The van der Waals surface area contributed by atoms with E-state index < -0.39 is 6.09 Å². The zero-order valence-corrected chi connectivity index (χ0v) is 15.1. The highest BCUT2D eigenvalue weighted by Gasteiger charge is 2.10. The fourth-order valence-electron chi connectivity index (χ4n) is 2.37. The van der Waals surface area contributed by atoms with Gasteiger partial charge in [0.2, 0.25) is 0 Å². The number of ether oxygens (including phenoxy) is 2. The molecule has 3 aromatic rings. The number of aromatic amines is 1. The number of amides is 1. The molecule has 0 atom stereocenters. The third-order valence-corrected chi connectivity index (χ3v) is 3.77. The minimum atomic E-state index is -0.509. The maximum Gasteiger partial charge on any atom is 0.412 e. The highest BCUT2D eigenvalue weighted by Crippen LogP contribution is 2.28. The first kappa shape index (κ1) is 18.4. The van der Waals surface area contributed by atoms with Crippen molar-refractivity contribution in [1.82, 2.24) is 20.3 Å². The van der Waals surface area contributed by atoms with E-state index in [4.69, 9.17) is 9.47 Å². The predicted octanol–water partition coefficient (Wildman–Crippen LogP) is 3.31. The van der Waals surface area contributed by atoms with Gasteiger partial charge in [0.15, 0.2) is 11.4 Å². The molecule has 2 heterocycles. The Kier molecular flexibility index (Phi) is 5.65. The number of rotatable bonds is 6. The molecule has 0 aliphatic carbocycles. The number of unbranched alkanes of at least 4 members (excludes halogenated alkanes) is 1. The van der Waals surface area contributed by atoms with Crippen LogP contribution in [-0.4, -0.2) is 27.6 Å². The Morgan fingerprint density at radius 2 is 2.07 bits per heavy atom. The van der Waals surface area contributed by atoms with Crippen LogP contribution in [0.15, 0.2) is 41.3 Å². The Morgan fingerprint density at radius 1 is 1.26 bits per heavy atom. The first-order chi connectivity index (χ1) is 13.1. The molecule has 0 saturated heterocycles. The Balaban J connectivity index is 1.79. The molecule has 0 spiro atoms. The number of benzene rings is 1.